The predicted molar refractivity (Wildman–Crippen MR) is 122 cm³/mol. The highest BCUT2D eigenvalue weighted by Crippen LogP contribution is 2.21. The van der Waals surface area contributed by atoms with E-state index in [9.17, 15) is 4.79 Å². The molecule has 0 spiro atoms. The molecule has 0 bridgehead atoms. The van der Waals surface area contributed by atoms with Gasteiger partial charge in [-0.3, -0.25) is 14.4 Å². The van der Waals surface area contributed by atoms with Gasteiger partial charge in [0.1, 0.15) is 6.04 Å². The molecule has 3 rings (SSSR count). The molecule has 2 atom stereocenters. The minimum absolute atomic E-state index is 0. The maximum Gasteiger partial charge on any atom is 0.241 e. The van der Waals surface area contributed by atoms with Crippen molar-refractivity contribution in [3.63, 3.8) is 0 Å². The average Bonchev–Trinajstić information content (AvgIpc) is 3.07. The van der Waals surface area contributed by atoms with E-state index in [1.165, 1.54) is 18.4 Å². The van der Waals surface area contributed by atoms with Gasteiger partial charge in [0.25, 0.3) is 0 Å². The van der Waals surface area contributed by atoms with Gasteiger partial charge in [-0.1, -0.05) is 30.2 Å². The first kappa shape index (κ1) is 25.7. The van der Waals surface area contributed by atoms with Crippen LogP contribution in [0.2, 0.25) is 5.02 Å². The first-order chi connectivity index (χ1) is 13.1. The molecular weight excluding hydrogens is 433 g/mol. The fourth-order valence-corrected chi connectivity index (χ4v) is 3.94. The van der Waals surface area contributed by atoms with E-state index in [4.69, 9.17) is 11.6 Å². The Morgan fingerprint density at radius 2 is 2.14 bits per heavy atom. The summed E-state index contributed by atoms with van der Waals surface area (Å²) in [5.41, 5.74) is 2.08. The molecule has 0 aliphatic carbocycles. The Bertz CT molecular complexity index is 770. The third kappa shape index (κ3) is 7.15. The monoisotopic (exact) mass is 461 g/mol. The maximum atomic E-state index is 12.7. The van der Waals surface area contributed by atoms with E-state index in [2.05, 4.69) is 26.7 Å². The standard InChI is InChI=1S/C20H28ClN5O.2ClH/c1-22-19(16-11-24-25(2)14-16)20(27)23-12-18-8-3-4-9-26(18)13-15-6-5-7-17(21)10-15;;/h5-7,10-11,14,18-19,22H,3-4,8-9,12-13H2,1-2H3,(H,23,27);2*1H. The zero-order chi connectivity index (χ0) is 19.2. The highest BCUT2D eigenvalue weighted by Gasteiger charge is 2.25. The van der Waals surface area contributed by atoms with E-state index in [1.54, 1.807) is 17.9 Å². The Kier molecular flexibility index (Phi) is 11.0. The van der Waals surface area contributed by atoms with Crippen molar-refractivity contribution in [1.82, 2.24) is 25.3 Å². The van der Waals surface area contributed by atoms with Crippen LogP contribution in [0.25, 0.3) is 0 Å². The van der Waals surface area contributed by atoms with Crippen LogP contribution in [-0.4, -0.2) is 46.8 Å². The molecule has 162 valence electrons. The van der Waals surface area contributed by atoms with Crippen LogP contribution in [0.15, 0.2) is 36.7 Å². The van der Waals surface area contributed by atoms with E-state index in [1.807, 2.05) is 31.4 Å². The molecule has 0 saturated carbocycles. The molecule has 2 heterocycles. The number of aryl methyl sites for hydroxylation is 1. The number of amides is 1. The SMILES string of the molecule is CNC(C(=O)NCC1CCCCN1Cc1cccc(Cl)c1)c1cnn(C)c1.Cl.Cl. The fraction of sp³-hybridized carbons (Fsp3) is 0.500. The van der Waals surface area contributed by atoms with E-state index < -0.39 is 0 Å². The van der Waals surface area contributed by atoms with Crippen molar-refractivity contribution in [2.75, 3.05) is 20.1 Å². The van der Waals surface area contributed by atoms with E-state index in [0.29, 0.717) is 12.6 Å². The van der Waals surface area contributed by atoms with Gasteiger partial charge >= 0.3 is 0 Å². The molecule has 29 heavy (non-hydrogen) atoms. The second kappa shape index (κ2) is 12.4. The Morgan fingerprint density at radius 1 is 1.34 bits per heavy atom. The van der Waals surface area contributed by atoms with Gasteiger partial charge in [0.05, 0.1) is 6.20 Å². The number of hydrogen-bond donors (Lipinski definition) is 2. The van der Waals surface area contributed by atoms with Crippen molar-refractivity contribution in [3.05, 3.63) is 52.8 Å². The summed E-state index contributed by atoms with van der Waals surface area (Å²) >= 11 is 6.12. The van der Waals surface area contributed by atoms with E-state index in [0.717, 1.165) is 30.1 Å². The third-order valence-corrected chi connectivity index (χ3v) is 5.38. The van der Waals surface area contributed by atoms with Crippen LogP contribution in [0.3, 0.4) is 0 Å². The summed E-state index contributed by atoms with van der Waals surface area (Å²) < 4.78 is 1.71. The molecule has 9 heteroatoms. The number of likely N-dealkylation sites (tertiary alicyclic amines) is 1. The topological polar surface area (TPSA) is 62.2 Å². The first-order valence-corrected chi connectivity index (χ1v) is 9.86. The van der Waals surface area contributed by atoms with Gasteiger partial charge in [-0.25, -0.2) is 0 Å². The molecular formula is C20H30Cl3N5O. The second-order valence-electron chi connectivity index (χ2n) is 7.16. The maximum absolute atomic E-state index is 12.7. The lowest BCUT2D eigenvalue weighted by Crippen LogP contribution is -2.48. The molecule has 1 aliphatic rings. The van der Waals surface area contributed by atoms with Crippen molar-refractivity contribution < 1.29 is 4.79 Å². The fourth-order valence-electron chi connectivity index (χ4n) is 3.73. The second-order valence-corrected chi connectivity index (χ2v) is 7.60. The number of likely N-dealkylation sites (N-methyl/N-ethyl adjacent to an activating group) is 1. The lowest BCUT2D eigenvalue weighted by atomic mass is 10.0. The molecule has 1 saturated heterocycles. The summed E-state index contributed by atoms with van der Waals surface area (Å²) in [6, 6.07) is 7.97. The first-order valence-electron chi connectivity index (χ1n) is 9.49. The zero-order valence-electron chi connectivity index (χ0n) is 16.8. The normalized spacial score (nSPS) is 17.7. The Morgan fingerprint density at radius 3 is 2.79 bits per heavy atom. The number of rotatable bonds is 7. The quantitative estimate of drug-likeness (QED) is 0.662. The predicted octanol–water partition coefficient (Wildman–Crippen LogP) is 3.35. The minimum Gasteiger partial charge on any atom is -0.353 e. The third-order valence-electron chi connectivity index (χ3n) is 5.14. The molecule has 2 unspecified atom stereocenters. The van der Waals surface area contributed by atoms with Crippen LogP contribution in [0.1, 0.15) is 36.4 Å². The van der Waals surface area contributed by atoms with E-state index >= 15 is 0 Å². The van der Waals surface area contributed by atoms with Gasteiger partial charge in [0, 0.05) is 43.0 Å². The lowest BCUT2D eigenvalue weighted by molar-refractivity contribution is -0.123. The van der Waals surface area contributed by atoms with Gasteiger partial charge in [0.2, 0.25) is 5.91 Å². The van der Waals surface area contributed by atoms with Crippen molar-refractivity contribution in [2.45, 2.75) is 37.9 Å². The molecule has 2 N–H and O–H groups in total. The number of aromatic nitrogens is 2. The van der Waals surface area contributed by atoms with Gasteiger partial charge in [0.15, 0.2) is 0 Å². The number of nitrogens with one attached hydrogen (secondary N) is 2. The molecule has 1 aromatic heterocycles. The van der Waals surface area contributed by atoms with Crippen LogP contribution in [0.4, 0.5) is 0 Å². The smallest absolute Gasteiger partial charge is 0.241 e. The Labute approximate surface area is 190 Å². The van der Waals surface area contributed by atoms with Crippen LogP contribution < -0.4 is 10.6 Å². The van der Waals surface area contributed by atoms with Gasteiger partial charge < -0.3 is 10.6 Å². The van der Waals surface area contributed by atoms with Crippen molar-refractivity contribution in [1.29, 1.82) is 0 Å². The number of carbonyl (C=O) groups excluding carboxylic acids is 1. The number of nitrogens with zero attached hydrogens (tertiary/aromatic N) is 3. The molecule has 0 radical (unpaired) electrons. The van der Waals surface area contributed by atoms with Gasteiger partial charge in [-0.05, 0) is 44.1 Å². The van der Waals surface area contributed by atoms with Crippen LogP contribution in [0, 0.1) is 0 Å². The minimum atomic E-state index is -0.385. The van der Waals surface area contributed by atoms with Crippen LogP contribution in [-0.2, 0) is 18.4 Å². The Hall–Kier alpha value is -1.31. The summed E-state index contributed by atoms with van der Waals surface area (Å²) in [5.74, 6) is -0.0150. The van der Waals surface area contributed by atoms with Crippen LogP contribution in [0.5, 0.6) is 0 Å². The van der Waals surface area contributed by atoms with Gasteiger partial charge in [-0.2, -0.15) is 5.10 Å². The van der Waals surface area contributed by atoms with E-state index in [-0.39, 0.29) is 36.8 Å². The summed E-state index contributed by atoms with van der Waals surface area (Å²) in [6.07, 6.45) is 7.09. The molecule has 1 aromatic carbocycles. The van der Waals surface area contributed by atoms with Crippen LogP contribution >= 0.6 is 36.4 Å². The molecule has 1 fully saturated rings. The van der Waals surface area contributed by atoms with Crippen molar-refractivity contribution >= 4 is 42.3 Å². The summed E-state index contributed by atoms with van der Waals surface area (Å²) in [4.78, 5) is 15.1. The molecule has 6 nitrogen and oxygen atoms in total. The summed E-state index contributed by atoms with van der Waals surface area (Å²) in [7, 11) is 3.65. The number of benzene rings is 1. The highest BCUT2D eigenvalue weighted by atomic mass is 35.5. The number of halogens is 3. The number of hydrogen-bond acceptors (Lipinski definition) is 4. The summed E-state index contributed by atoms with van der Waals surface area (Å²) in [6.45, 7) is 2.56. The average molecular weight is 463 g/mol. The van der Waals surface area contributed by atoms with Crippen molar-refractivity contribution in [3.8, 4) is 0 Å². The van der Waals surface area contributed by atoms with Gasteiger partial charge in [-0.15, -0.1) is 24.8 Å². The largest absolute Gasteiger partial charge is 0.353 e. The highest BCUT2D eigenvalue weighted by molar-refractivity contribution is 6.30. The lowest BCUT2D eigenvalue weighted by Gasteiger charge is -2.36. The van der Waals surface area contributed by atoms with Crippen molar-refractivity contribution in [2.24, 2.45) is 7.05 Å². The Balaban J connectivity index is 0.00000210. The molecule has 2 aromatic rings. The summed E-state index contributed by atoms with van der Waals surface area (Å²) in [5, 5.41) is 11.1. The number of carbonyl (C=O) groups is 1. The number of piperidine rings is 1. The molecule has 1 amide bonds. The zero-order valence-corrected chi connectivity index (χ0v) is 19.2. The molecule has 1 aliphatic heterocycles.